The summed E-state index contributed by atoms with van der Waals surface area (Å²) in [6.07, 6.45) is 12.3. The first kappa shape index (κ1) is 35.4. The van der Waals surface area contributed by atoms with Crippen molar-refractivity contribution in [2.45, 2.75) is 134 Å². The molecule has 0 spiro atoms. The molecule has 6 atom stereocenters. The van der Waals surface area contributed by atoms with Crippen molar-refractivity contribution >= 4 is 43.0 Å². The molecule has 2 unspecified atom stereocenters. The maximum atomic E-state index is 13.7. The summed E-state index contributed by atoms with van der Waals surface area (Å²) in [4.78, 5) is 27.3. The van der Waals surface area contributed by atoms with E-state index < -0.39 is 14.4 Å². The summed E-state index contributed by atoms with van der Waals surface area (Å²) in [5, 5.41) is -0.0140. The summed E-state index contributed by atoms with van der Waals surface area (Å²) in [6, 6.07) is 3.84. The molecule has 0 N–H and O–H groups in total. The smallest absolute Gasteiger partial charge is 0.348 e. The number of methoxy groups -OCH3 is 1. The van der Waals surface area contributed by atoms with E-state index in [1.54, 1.807) is 6.08 Å². The highest BCUT2D eigenvalue weighted by Crippen LogP contribution is 2.43. The van der Waals surface area contributed by atoms with Gasteiger partial charge in [-0.1, -0.05) is 46.6 Å². The van der Waals surface area contributed by atoms with Gasteiger partial charge in [0.15, 0.2) is 20.4 Å². The summed E-state index contributed by atoms with van der Waals surface area (Å²) >= 11 is 8.48. The van der Waals surface area contributed by atoms with E-state index in [0.29, 0.717) is 4.88 Å². The predicted molar refractivity (Wildman–Crippen MR) is 174 cm³/mol. The van der Waals surface area contributed by atoms with Gasteiger partial charge in [0.25, 0.3) is 0 Å². The highest BCUT2D eigenvalue weighted by atomic mass is 35.5. The van der Waals surface area contributed by atoms with E-state index in [2.05, 4.69) is 46.9 Å². The normalized spacial score (nSPS) is 26.0. The van der Waals surface area contributed by atoms with Crippen molar-refractivity contribution in [3.05, 3.63) is 34.0 Å². The summed E-state index contributed by atoms with van der Waals surface area (Å²) in [7, 11) is -0.706. The number of hydrogen-bond acceptors (Lipinski definition) is 7. The molecule has 0 aromatic carbocycles. The van der Waals surface area contributed by atoms with Gasteiger partial charge in [0.2, 0.25) is 0 Å². The van der Waals surface area contributed by atoms with Crippen molar-refractivity contribution in [1.29, 1.82) is 0 Å². The summed E-state index contributed by atoms with van der Waals surface area (Å²) in [6.45, 7) is 13.9. The Morgan fingerprint density at radius 1 is 1.21 bits per heavy atom. The molecule has 0 amide bonds. The molecule has 0 bridgehead atoms. The van der Waals surface area contributed by atoms with E-state index in [4.69, 9.17) is 30.2 Å². The molecule has 3 rings (SSSR count). The van der Waals surface area contributed by atoms with Gasteiger partial charge in [-0.3, -0.25) is 4.79 Å². The van der Waals surface area contributed by atoms with Crippen molar-refractivity contribution < 1.29 is 28.2 Å². The van der Waals surface area contributed by atoms with Crippen LogP contribution in [0.5, 0.6) is 0 Å². The minimum Gasteiger partial charge on any atom is -0.465 e. The molecule has 2 fully saturated rings. The molecule has 1 aliphatic carbocycles. The molecule has 1 aliphatic heterocycles. The van der Waals surface area contributed by atoms with Gasteiger partial charge in [-0.2, -0.15) is 0 Å². The molecule has 42 heavy (non-hydrogen) atoms. The SMILES string of the molecule is CCCCC(O[Si](C)(C)C(C)(C)C)C(=O)/C=C/[C@@H]1[C@@H](CCCc2ccc(C(=O)OC)s2)[C@H](Cl)C[C@H]1OC1CCCCO1. The molecule has 0 radical (unpaired) electrons. The minimum atomic E-state index is -2.11. The Morgan fingerprint density at radius 2 is 1.98 bits per heavy atom. The number of rotatable bonds is 15. The number of esters is 1. The maximum Gasteiger partial charge on any atom is 0.348 e. The highest BCUT2D eigenvalue weighted by molar-refractivity contribution is 7.13. The van der Waals surface area contributed by atoms with Crippen LogP contribution in [-0.2, 0) is 29.9 Å². The first-order valence-electron chi connectivity index (χ1n) is 15.8. The molecule has 1 saturated heterocycles. The van der Waals surface area contributed by atoms with Gasteiger partial charge in [-0.15, -0.1) is 22.9 Å². The van der Waals surface area contributed by atoms with Gasteiger partial charge in [-0.25, -0.2) is 4.79 Å². The lowest BCUT2D eigenvalue weighted by Gasteiger charge is -2.38. The van der Waals surface area contributed by atoms with Crippen LogP contribution in [0.15, 0.2) is 24.3 Å². The fraction of sp³-hybridized carbons (Fsp3) is 0.758. The Kier molecular flexibility index (Phi) is 13.8. The highest BCUT2D eigenvalue weighted by Gasteiger charge is 2.43. The number of alkyl halides is 1. The van der Waals surface area contributed by atoms with Crippen LogP contribution in [0.2, 0.25) is 18.1 Å². The number of ether oxygens (including phenoxy) is 3. The van der Waals surface area contributed by atoms with Gasteiger partial charge in [0.05, 0.1) is 13.2 Å². The topological polar surface area (TPSA) is 71.1 Å². The van der Waals surface area contributed by atoms with Crippen molar-refractivity contribution in [3.8, 4) is 0 Å². The van der Waals surface area contributed by atoms with Gasteiger partial charge < -0.3 is 18.6 Å². The summed E-state index contributed by atoms with van der Waals surface area (Å²) < 4.78 is 23.9. The third-order valence-electron chi connectivity index (χ3n) is 9.18. The fourth-order valence-corrected chi connectivity index (χ4v) is 8.34. The number of unbranched alkanes of at least 4 members (excludes halogenated alkanes) is 1. The van der Waals surface area contributed by atoms with E-state index in [1.165, 1.54) is 18.4 Å². The molecule has 1 aromatic rings. The zero-order chi connectivity index (χ0) is 30.9. The van der Waals surface area contributed by atoms with Crippen LogP contribution in [0.3, 0.4) is 0 Å². The van der Waals surface area contributed by atoms with Crippen LogP contribution in [0.1, 0.15) is 100 Å². The van der Waals surface area contributed by atoms with Gasteiger partial charge in [-0.05, 0) is 93.6 Å². The summed E-state index contributed by atoms with van der Waals surface area (Å²) in [5.74, 6) is -0.0422. The lowest BCUT2D eigenvalue weighted by Crippen LogP contribution is -2.45. The fourth-order valence-electron chi connectivity index (χ4n) is 5.60. The Bertz CT molecular complexity index is 1030. The molecule has 1 aromatic heterocycles. The lowest BCUT2D eigenvalue weighted by atomic mass is 9.88. The molecule has 2 heterocycles. The van der Waals surface area contributed by atoms with Crippen LogP contribution in [-0.4, -0.2) is 57.7 Å². The van der Waals surface area contributed by atoms with Crippen molar-refractivity contribution in [2.75, 3.05) is 13.7 Å². The molecule has 2 aliphatic rings. The second-order valence-corrected chi connectivity index (χ2v) is 19.9. The summed E-state index contributed by atoms with van der Waals surface area (Å²) in [5.41, 5.74) is 0. The Hall–Kier alpha value is -1.03. The number of ketones is 1. The number of carbonyl (C=O) groups is 2. The Balaban J connectivity index is 1.74. The predicted octanol–water partition coefficient (Wildman–Crippen LogP) is 8.72. The van der Waals surface area contributed by atoms with E-state index in [-0.39, 0.29) is 46.4 Å². The lowest BCUT2D eigenvalue weighted by molar-refractivity contribution is -0.192. The average Bonchev–Trinajstić information content (AvgIpc) is 3.53. The van der Waals surface area contributed by atoms with E-state index in [9.17, 15) is 9.59 Å². The number of carbonyl (C=O) groups excluding carboxylic acids is 2. The zero-order valence-corrected chi connectivity index (χ0v) is 29.4. The number of thiophene rings is 1. The first-order chi connectivity index (χ1) is 19.9. The van der Waals surface area contributed by atoms with Crippen molar-refractivity contribution in [3.63, 3.8) is 0 Å². The standard InChI is InChI=1S/C33H53ClO6SSi/c1-8-9-15-28(40-42(6,7)33(2,3)4)27(35)19-18-25-24(14-12-13-23-17-20-30(41-23)32(36)37-5)26(34)22-29(25)39-31-16-10-11-21-38-31/h17-20,24-26,28-29,31H,8-16,21-22H2,1-7H3/b19-18+/t24-,25-,26-,28?,29-,31?/m1/s1. The number of hydrogen-bond donors (Lipinski definition) is 0. The molecular weight excluding hydrogens is 588 g/mol. The molecule has 1 saturated carbocycles. The van der Waals surface area contributed by atoms with Crippen LogP contribution >= 0.6 is 22.9 Å². The monoisotopic (exact) mass is 640 g/mol. The Morgan fingerprint density at radius 3 is 2.62 bits per heavy atom. The molecule has 6 nitrogen and oxygen atoms in total. The quantitative estimate of drug-likeness (QED) is 0.0826. The maximum absolute atomic E-state index is 13.7. The Labute approximate surface area is 264 Å². The van der Waals surface area contributed by atoms with E-state index in [1.807, 2.05) is 12.1 Å². The van der Waals surface area contributed by atoms with Gasteiger partial charge in [0.1, 0.15) is 11.0 Å². The van der Waals surface area contributed by atoms with Crippen LogP contribution in [0, 0.1) is 11.8 Å². The zero-order valence-electron chi connectivity index (χ0n) is 26.8. The van der Waals surface area contributed by atoms with Gasteiger partial charge in [0, 0.05) is 22.8 Å². The van der Waals surface area contributed by atoms with E-state index in [0.717, 1.165) is 75.7 Å². The third-order valence-corrected chi connectivity index (χ3v) is 15.3. The number of aryl methyl sites for hydroxylation is 1. The molecule has 9 heteroatoms. The van der Waals surface area contributed by atoms with Crippen molar-refractivity contribution in [1.82, 2.24) is 0 Å². The van der Waals surface area contributed by atoms with Crippen LogP contribution in [0.4, 0.5) is 0 Å². The van der Waals surface area contributed by atoms with Crippen molar-refractivity contribution in [2.24, 2.45) is 11.8 Å². The number of halogens is 1. The molecular formula is C33H53ClO6SSi. The first-order valence-corrected chi connectivity index (χ1v) is 20.0. The largest absolute Gasteiger partial charge is 0.465 e. The second kappa shape index (κ2) is 16.3. The van der Waals surface area contributed by atoms with Gasteiger partial charge >= 0.3 is 5.97 Å². The van der Waals surface area contributed by atoms with Crippen LogP contribution < -0.4 is 0 Å². The molecule has 238 valence electrons. The average molecular weight is 641 g/mol. The van der Waals surface area contributed by atoms with E-state index >= 15 is 0 Å². The van der Waals surface area contributed by atoms with Crippen LogP contribution in [0.25, 0.3) is 0 Å². The third kappa shape index (κ3) is 9.99. The second-order valence-electron chi connectivity index (χ2n) is 13.4. The minimum absolute atomic E-state index is 0.0237.